The van der Waals surface area contributed by atoms with Crippen LogP contribution >= 0.6 is 11.6 Å². The highest BCUT2D eigenvalue weighted by Crippen LogP contribution is 2.36. The Morgan fingerprint density at radius 2 is 2.23 bits per heavy atom. The summed E-state index contributed by atoms with van der Waals surface area (Å²) in [5.41, 5.74) is 8.03. The van der Waals surface area contributed by atoms with Crippen molar-refractivity contribution in [2.45, 2.75) is 12.3 Å². The third-order valence-electron chi connectivity index (χ3n) is 2.44. The summed E-state index contributed by atoms with van der Waals surface area (Å²) in [6, 6.07) is 6.02. The van der Waals surface area contributed by atoms with Gasteiger partial charge in [-0.15, -0.1) is 0 Å². The van der Waals surface area contributed by atoms with Crippen molar-refractivity contribution in [3.05, 3.63) is 40.4 Å². The molecule has 13 heavy (non-hydrogen) atoms. The Bertz CT molecular complexity index is 344. The largest absolute Gasteiger partial charge is 0.330 e. The van der Waals surface area contributed by atoms with Gasteiger partial charge in [-0.3, -0.25) is 0 Å². The van der Waals surface area contributed by atoms with E-state index in [2.05, 4.69) is 18.2 Å². The van der Waals surface area contributed by atoms with Crippen LogP contribution in [0.2, 0.25) is 5.02 Å². The summed E-state index contributed by atoms with van der Waals surface area (Å²) in [5.74, 6) is 0.425. The molecule has 2 heteroatoms. The van der Waals surface area contributed by atoms with Crippen LogP contribution in [-0.2, 0) is 0 Å². The van der Waals surface area contributed by atoms with E-state index in [1.807, 2.05) is 12.1 Å². The van der Waals surface area contributed by atoms with Crippen molar-refractivity contribution in [2.24, 2.45) is 5.73 Å². The molecule has 1 aliphatic rings. The Hall–Kier alpha value is -0.790. The van der Waals surface area contributed by atoms with Crippen LogP contribution in [0.15, 0.2) is 24.3 Å². The maximum absolute atomic E-state index is 6.12. The molecule has 1 aromatic rings. The maximum Gasteiger partial charge on any atom is 0.0449 e. The van der Waals surface area contributed by atoms with Gasteiger partial charge >= 0.3 is 0 Å². The predicted octanol–water partition coefficient (Wildman–Crippen LogP) is 2.80. The second-order valence-corrected chi connectivity index (χ2v) is 3.69. The first kappa shape index (κ1) is 8.79. The highest BCUT2D eigenvalue weighted by Gasteiger charge is 2.18. The number of hydrogen-bond acceptors (Lipinski definition) is 1. The zero-order valence-electron chi connectivity index (χ0n) is 7.33. The lowest BCUT2D eigenvalue weighted by Crippen LogP contribution is -2.04. The van der Waals surface area contributed by atoms with Crippen LogP contribution < -0.4 is 5.73 Å². The molecule has 0 spiro atoms. The Kier molecular flexibility index (Phi) is 2.38. The minimum Gasteiger partial charge on any atom is -0.330 e. The van der Waals surface area contributed by atoms with Gasteiger partial charge < -0.3 is 5.73 Å². The van der Waals surface area contributed by atoms with E-state index >= 15 is 0 Å². The third kappa shape index (κ3) is 1.50. The molecule has 0 fully saturated rings. The lowest BCUT2D eigenvalue weighted by molar-refractivity contribution is 0.757. The number of rotatable bonds is 2. The van der Waals surface area contributed by atoms with E-state index in [0.717, 1.165) is 11.4 Å². The number of hydrogen-bond donors (Lipinski definition) is 1. The summed E-state index contributed by atoms with van der Waals surface area (Å²) in [4.78, 5) is 0. The Morgan fingerprint density at radius 1 is 1.38 bits per heavy atom. The molecule has 68 valence electrons. The Balaban J connectivity index is 2.39. The monoisotopic (exact) mass is 193 g/mol. The minimum absolute atomic E-state index is 0.425. The highest BCUT2D eigenvalue weighted by atomic mass is 35.5. The first-order valence-electron chi connectivity index (χ1n) is 4.49. The molecule has 2 N–H and O–H groups in total. The topological polar surface area (TPSA) is 26.0 Å². The van der Waals surface area contributed by atoms with Gasteiger partial charge in [0.1, 0.15) is 0 Å². The molecule has 1 aliphatic carbocycles. The van der Waals surface area contributed by atoms with Crippen molar-refractivity contribution in [2.75, 3.05) is 6.54 Å². The van der Waals surface area contributed by atoms with Gasteiger partial charge in [0.15, 0.2) is 0 Å². The van der Waals surface area contributed by atoms with Crippen LogP contribution in [0.3, 0.4) is 0 Å². The Labute approximate surface area is 83.2 Å². The van der Waals surface area contributed by atoms with Gasteiger partial charge in [0.25, 0.3) is 0 Å². The average molecular weight is 194 g/mol. The smallest absolute Gasteiger partial charge is 0.0449 e. The summed E-state index contributed by atoms with van der Waals surface area (Å²) >= 11 is 6.12. The zero-order chi connectivity index (χ0) is 9.26. The fourth-order valence-electron chi connectivity index (χ4n) is 1.83. The van der Waals surface area contributed by atoms with E-state index in [4.69, 9.17) is 17.3 Å². The van der Waals surface area contributed by atoms with Gasteiger partial charge in [-0.05, 0) is 30.2 Å². The van der Waals surface area contributed by atoms with Gasteiger partial charge in [-0.2, -0.15) is 0 Å². The molecule has 2 rings (SSSR count). The average Bonchev–Trinajstić information content (AvgIpc) is 2.51. The van der Waals surface area contributed by atoms with Crippen molar-refractivity contribution < 1.29 is 0 Å². The van der Waals surface area contributed by atoms with Gasteiger partial charge in [0.2, 0.25) is 0 Å². The minimum atomic E-state index is 0.425. The van der Waals surface area contributed by atoms with Crippen LogP contribution in [-0.4, -0.2) is 6.54 Å². The normalized spacial score (nSPS) is 19.1. The summed E-state index contributed by atoms with van der Waals surface area (Å²) < 4.78 is 0. The molecule has 0 heterocycles. The third-order valence-corrected chi connectivity index (χ3v) is 2.77. The standard InChI is InChI=1S/C11H12ClN/c12-10-3-1-2-8-4-5-9(6-7-13)11(8)10/h1-5,9H,6-7,13H2. The molecule has 1 aromatic carbocycles. The molecule has 0 aliphatic heterocycles. The molecule has 0 aromatic heterocycles. The van der Waals surface area contributed by atoms with E-state index in [1.54, 1.807) is 0 Å². The fraction of sp³-hybridized carbons (Fsp3) is 0.273. The molecule has 0 saturated heterocycles. The van der Waals surface area contributed by atoms with Gasteiger partial charge in [-0.1, -0.05) is 35.9 Å². The summed E-state index contributed by atoms with van der Waals surface area (Å²) in [6.45, 7) is 0.708. The number of nitrogens with two attached hydrogens (primary N) is 1. The number of halogens is 1. The number of benzene rings is 1. The van der Waals surface area contributed by atoms with E-state index in [9.17, 15) is 0 Å². The number of fused-ring (bicyclic) bond motifs is 1. The summed E-state index contributed by atoms with van der Waals surface area (Å²) in [6.07, 6.45) is 5.29. The van der Waals surface area contributed by atoms with Crippen LogP contribution in [0.25, 0.3) is 6.08 Å². The van der Waals surface area contributed by atoms with Crippen LogP contribution in [0.5, 0.6) is 0 Å². The summed E-state index contributed by atoms with van der Waals surface area (Å²) in [5, 5.41) is 0.862. The predicted molar refractivity (Wildman–Crippen MR) is 56.9 cm³/mol. The highest BCUT2D eigenvalue weighted by molar-refractivity contribution is 6.31. The molecule has 0 radical (unpaired) electrons. The van der Waals surface area contributed by atoms with Gasteiger partial charge in [0, 0.05) is 10.9 Å². The quantitative estimate of drug-likeness (QED) is 0.768. The van der Waals surface area contributed by atoms with E-state index in [-0.39, 0.29) is 0 Å². The van der Waals surface area contributed by atoms with Crippen LogP contribution in [0, 0.1) is 0 Å². The summed E-state index contributed by atoms with van der Waals surface area (Å²) in [7, 11) is 0. The molecule has 1 nitrogen and oxygen atoms in total. The molecular weight excluding hydrogens is 182 g/mol. The van der Waals surface area contributed by atoms with Crippen molar-refractivity contribution in [3.8, 4) is 0 Å². The van der Waals surface area contributed by atoms with Crippen molar-refractivity contribution >= 4 is 17.7 Å². The molecular formula is C11H12ClN. The fourth-order valence-corrected chi connectivity index (χ4v) is 2.15. The lowest BCUT2D eigenvalue weighted by atomic mass is 9.98. The van der Waals surface area contributed by atoms with Crippen molar-refractivity contribution in [1.29, 1.82) is 0 Å². The van der Waals surface area contributed by atoms with Gasteiger partial charge in [-0.25, -0.2) is 0 Å². The van der Waals surface area contributed by atoms with Crippen molar-refractivity contribution in [3.63, 3.8) is 0 Å². The SMILES string of the molecule is NCCC1C=Cc2cccc(Cl)c21. The van der Waals surface area contributed by atoms with Crippen molar-refractivity contribution in [1.82, 2.24) is 0 Å². The zero-order valence-corrected chi connectivity index (χ0v) is 8.09. The maximum atomic E-state index is 6.12. The van der Waals surface area contributed by atoms with Gasteiger partial charge in [0.05, 0.1) is 0 Å². The second-order valence-electron chi connectivity index (χ2n) is 3.29. The first-order chi connectivity index (χ1) is 6.33. The number of allylic oxidation sites excluding steroid dienone is 1. The van der Waals surface area contributed by atoms with E-state index in [0.29, 0.717) is 12.5 Å². The molecule has 0 amide bonds. The Morgan fingerprint density at radius 3 is 3.00 bits per heavy atom. The molecule has 0 saturated carbocycles. The van der Waals surface area contributed by atoms with E-state index in [1.165, 1.54) is 11.1 Å². The van der Waals surface area contributed by atoms with Crippen LogP contribution in [0.4, 0.5) is 0 Å². The lowest BCUT2D eigenvalue weighted by Gasteiger charge is -2.10. The molecule has 1 unspecified atom stereocenters. The van der Waals surface area contributed by atoms with Crippen LogP contribution in [0.1, 0.15) is 23.5 Å². The first-order valence-corrected chi connectivity index (χ1v) is 4.87. The molecule has 1 atom stereocenters. The van der Waals surface area contributed by atoms with E-state index < -0.39 is 0 Å². The molecule has 0 bridgehead atoms. The second kappa shape index (κ2) is 3.52.